The van der Waals surface area contributed by atoms with Crippen molar-refractivity contribution in [1.29, 1.82) is 0 Å². The van der Waals surface area contributed by atoms with Crippen LogP contribution in [-0.4, -0.2) is 10.8 Å². The van der Waals surface area contributed by atoms with E-state index in [2.05, 4.69) is 52.4 Å². The number of halogens is 2. The molecule has 0 fully saturated rings. The minimum absolute atomic E-state index is 0.0902. The van der Waals surface area contributed by atoms with Gasteiger partial charge in [-0.05, 0) is 36.8 Å². The molecule has 3 nitrogen and oxygen atoms in total. The van der Waals surface area contributed by atoms with Crippen LogP contribution >= 0.6 is 27.5 Å². The molecule has 0 saturated carbocycles. The molecule has 1 aliphatic heterocycles. The van der Waals surface area contributed by atoms with E-state index in [9.17, 15) is 5.11 Å². The Balaban J connectivity index is 1.79. The van der Waals surface area contributed by atoms with E-state index in [-0.39, 0.29) is 18.0 Å². The van der Waals surface area contributed by atoms with Gasteiger partial charge < -0.3 is 5.11 Å². The Kier molecular flexibility index (Phi) is 5.54. The summed E-state index contributed by atoms with van der Waals surface area (Å²) in [5.74, 6) is 0.267. The zero-order valence-corrected chi connectivity index (χ0v) is 17.7. The molecule has 2 atom stereocenters. The van der Waals surface area contributed by atoms with Crippen LogP contribution in [0.2, 0.25) is 5.02 Å². The van der Waals surface area contributed by atoms with Gasteiger partial charge >= 0.3 is 0 Å². The summed E-state index contributed by atoms with van der Waals surface area (Å²) in [6.07, 6.45) is 0.385. The number of nitrogens with one attached hydrogen (secondary N) is 1. The van der Waals surface area contributed by atoms with Gasteiger partial charge in [0.25, 0.3) is 0 Å². The first-order valence-corrected chi connectivity index (χ1v) is 10.3. The maximum absolute atomic E-state index is 10.5. The highest BCUT2D eigenvalue weighted by Gasteiger charge is 2.28. The van der Waals surface area contributed by atoms with Crippen LogP contribution in [0.5, 0.6) is 5.75 Å². The summed E-state index contributed by atoms with van der Waals surface area (Å²) in [5.41, 5.74) is 5.05. The lowest BCUT2D eigenvalue weighted by Gasteiger charge is -2.31. The van der Waals surface area contributed by atoms with Crippen LogP contribution in [0.3, 0.4) is 0 Å². The molecule has 0 bridgehead atoms. The molecular weight excluding hydrogens is 436 g/mol. The smallest absolute Gasteiger partial charge is 0.127 e. The molecule has 142 valence electrons. The van der Waals surface area contributed by atoms with Crippen molar-refractivity contribution >= 4 is 33.2 Å². The molecule has 3 aromatic carbocycles. The fourth-order valence-corrected chi connectivity index (χ4v) is 4.11. The van der Waals surface area contributed by atoms with Crippen molar-refractivity contribution in [3.8, 4) is 5.75 Å². The normalized spacial score (nSPS) is 19.3. The number of phenolic OH excluding ortho intramolecular Hbond substituents is 1. The van der Waals surface area contributed by atoms with Gasteiger partial charge in [-0.1, -0.05) is 75.6 Å². The van der Waals surface area contributed by atoms with E-state index in [1.165, 1.54) is 5.56 Å². The van der Waals surface area contributed by atoms with Crippen LogP contribution in [0.1, 0.15) is 40.9 Å². The Hall–Kier alpha value is -2.14. The molecule has 0 unspecified atom stereocenters. The Morgan fingerprint density at radius 3 is 2.54 bits per heavy atom. The zero-order chi connectivity index (χ0) is 19.7. The van der Waals surface area contributed by atoms with Crippen molar-refractivity contribution in [3.63, 3.8) is 0 Å². The van der Waals surface area contributed by atoms with Gasteiger partial charge in [0, 0.05) is 38.8 Å². The zero-order valence-electron chi connectivity index (χ0n) is 15.4. The van der Waals surface area contributed by atoms with Crippen LogP contribution in [0, 0.1) is 6.92 Å². The first-order chi connectivity index (χ1) is 13.5. The lowest BCUT2D eigenvalue weighted by atomic mass is 9.93. The second kappa shape index (κ2) is 8.08. The average Bonchev–Trinajstić information content (AvgIpc) is 2.70. The molecule has 0 saturated heterocycles. The van der Waals surface area contributed by atoms with E-state index in [0.29, 0.717) is 11.4 Å². The summed E-state index contributed by atoms with van der Waals surface area (Å²) in [6, 6.07) is 21.5. The van der Waals surface area contributed by atoms with Gasteiger partial charge in [0.05, 0.1) is 0 Å². The molecule has 1 aliphatic rings. The van der Waals surface area contributed by atoms with Crippen LogP contribution < -0.4 is 5.32 Å². The number of aliphatic imine (C=N–C) groups is 1. The SMILES string of the molecule is Cc1ccc(C2=N[C@@H](c3ccccc3Cl)N[C@H](c3cc(Br)ccc3O)C2)cc1. The predicted molar refractivity (Wildman–Crippen MR) is 118 cm³/mol. The number of rotatable bonds is 3. The summed E-state index contributed by atoms with van der Waals surface area (Å²) in [5, 5.41) is 14.7. The molecule has 0 radical (unpaired) electrons. The molecule has 2 N–H and O–H groups in total. The Morgan fingerprint density at radius 1 is 1.04 bits per heavy atom. The second-order valence-electron chi connectivity index (χ2n) is 6.99. The molecule has 5 heteroatoms. The largest absolute Gasteiger partial charge is 0.508 e. The van der Waals surface area contributed by atoms with E-state index in [1.807, 2.05) is 36.4 Å². The summed E-state index contributed by atoms with van der Waals surface area (Å²) in [7, 11) is 0. The summed E-state index contributed by atoms with van der Waals surface area (Å²) in [6.45, 7) is 2.07. The third-order valence-electron chi connectivity index (χ3n) is 4.99. The number of aromatic hydroxyl groups is 1. The number of nitrogens with zero attached hydrogens (tertiary/aromatic N) is 1. The molecule has 3 aromatic rings. The molecule has 28 heavy (non-hydrogen) atoms. The summed E-state index contributed by atoms with van der Waals surface area (Å²) in [4.78, 5) is 4.97. The third-order valence-corrected chi connectivity index (χ3v) is 5.83. The van der Waals surface area contributed by atoms with Crippen molar-refractivity contribution in [1.82, 2.24) is 5.32 Å². The first-order valence-electron chi connectivity index (χ1n) is 9.14. The molecule has 0 amide bonds. The van der Waals surface area contributed by atoms with Crippen LogP contribution in [0.15, 0.2) is 76.2 Å². The molecular formula is C23H20BrClN2O. The van der Waals surface area contributed by atoms with Gasteiger partial charge in [0.2, 0.25) is 0 Å². The number of aryl methyl sites for hydroxylation is 1. The maximum Gasteiger partial charge on any atom is 0.127 e. The lowest BCUT2D eigenvalue weighted by molar-refractivity contribution is 0.412. The van der Waals surface area contributed by atoms with Crippen molar-refractivity contribution in [3.05, 3.63) is 98.5 Å². The van der Waals surface area contributed by atoms with Crippen molar-refractivity contribution < 1.29 is 5.11 Å². The Bertz CT molecular complexity index is 1030. The van der Waals surface area contributed by atoms with Gasteiger partial charge in [0.1, 0.15) is 11.9 Å². The molecule has 0 spiro atoms. The van der Waals surface area contributed by atoms with Gasteiger partial charge in [-0.15, -0.1) is 0 Å². The predicted octanol–water partition coefficient (Wildman–Crippen LogP) is 6.34. The first kappa shape index (κ1) is 19.2. The van der Waals surface area contributed by atoms with Crippen LogP contribution in [-0.2, 0) is 0 Å². The van der Waals surface area contributed by atoms with Gasteiger partial charge in [0.15, 0.2) is 0 Å². The van der Waals surface area contributed by atoms with E-state index in [4.69, 9.17) is 16.6 Å². The van der Waals surface area contributed by atoms with E-state index in [0.717, 1.165) is 26.9 Å². The van der Waals surface area contributed by atoms with Gasteiger partial charge in [-0.25, -0.2) is 0 Å². The van der Waals surface area contributed by atoms with E-state index < -0.39 is 0 Å². The summed E-state index contributed by atoms with van der Waals surface area (Å²) < 4.78 is 0.927. The highest BCUT2D eigenvalue weighted by atomic mass is 79.9. The number of hydrogen-bond acceptors (Lipinski definition) is 3. The van der Waals surface area contributed by atoms with Gasteiger partial charge in [-0.3, -0.25) is 10.3 Å². The van der Waals surface area contributed by atoms with Crippen molar-refractivity contribution in [2.45, 2.75) is 25.6 Å². The van der Waals surface area contributed by atoms with E-state index in [1.54, 1.807) is 6.07 Å². The minimum Gasteiger partial charge on any atom is -0.508 e. The van der Waals surface area contributed by atoms with Crippen molar-refractivity contribution in [2.24, 2.45) is 4.99 Å². The minimum atomic E-state index is -0.290. The summed E-state index contributed by atoms with van der Waals surface area (Å²) >= 11 is 9.97. The third kappa shape index (κ3) is 4.00. The molecule has 1 heterocycles. The van der Waals surface area contributed by atoms with Crippen LogP contribution in [0.25, 0.3) is 0 Å². The highest BCUT2D eigenvalue weighted by molar-refractivity contribution is 9.10. The van der Waals surface area contributed by atoms with Crippen molar-refractivity contribution in [2.75, 3.05) is 0 Å². The number of benzene rings is 3. The second-order valence-corrected chi connectivity index (χ2v) is 8.32. The topological polar surface area (TPSA) is 44.6 Å². The maximum atomic E-state index is 10.5. The monoisotopic (exact) mass is 454 g/mol. The molecule has 0 aliphatic carbocycles. The fourth-order valence-electron chi connectivity index (χ4n) is 3.49. The highest BCUT2D eigenvalue weighted by Crippen LogP contribution is 2.37. The average molecular weight is 456 g/mol. The number of phenols is 1. The fraction of sp³-hybridized carbons (Fsp3) is 0.174. The lowest BCUT2D eigenvalue weighted by Crippen LogP contribution is -2.33. The molecule has 4 rings (SSSR count). The van der Waals surface area contributed by atoms with E-state index >= 15 is 0 Å². The van der Waals surface area contributed by atoms with Gasteiger partial charge in [-0.2, -0.15) is 0 Å². The standard InChI is InChI=1S/C23H20BrClN2O/c1-14-6-8-15(9-7-14)20-13-21(18-12-16(24)10-11-22(18)28)27-23(26-20)17-4-2-3-5-19(17)25/h2-12,21,23,27-28H,13H2,1H3/t21-,23+/m0/s1. The quantitative estimate of drug-likeness (QED) is 0.484. The molecule has 0 aromatic heterocycles. The number of hydrogen-bond donors (Lipinski definition) is 2. The Labute approximate surface area is 178 Å². The Morgan fingerprint density at radius 2 is 1.79 bits per heavy atom. The van der Waals surface area contributed by atoms with Crippen LogP contribution in [0.4, 0.5) is 0 Å².